The number of carbonyl (C=O) groups excluding carboxylic acids is 1. The number of ether oxygens (including phenoxy) is 1. The van der Waals surface area contributed by atoms with Gasteiger partial charge in [-0.2, -0.15) is 0 Å². The lowest BCUT2D eigenvalue weighted by atomic mass is 9.52. The molecule has 0 aromatic heterocycles. The third kappa shape index (κ3) is 1.47. The maximum Gasteiger partial charge on any atom is 0.137 e. The molecule has 24 heavy (non-hydrogen) atoms. The Balaban J connectivity index is 1.41. The van der Waals surface area contributed by atoms with Crippen LogP contribution in [0.5, 0.6) is 0 Å². The van der Waals surface area contributed by atoms with Gasteiger partial charge in [0.1, 0.15) is 5.78 Å². The van der Waals surface area contributed by atoms with Gasteiger partial charge in [0, 0.05) is 18.3 Å². The van der Waals surface area contributed by atoms with E-state index >= 15 is 0 Å². The molecular formula is C22H26O2. The number of ketones is 1. The second kappa shape index (κ2) is 4.33. The summed E-state index contributed by atoms with van der Waals surface area (Å²) in [6.45, 7) is 3.34. The molecule has 6 aliphatic rings. The minimum absolute atomic E-state index is 0.0400. The number of hydrogen-bond acceptors (Lipinski definition) is 2. The van der Waals surface area contributed by atoms with Gasteiger partial charge in [0.2, 0.25) is 0 Å². The maximum absolute atomic E-state index is 11.8. The molecule has 7 atom stereocenters. The van der Waals surface area contributed by atoms with E-state index in [0.29, 0.717) is 29.5 Å². The van der Waals surface area contributed by atoms with Crippen LogP contribution < -0.4 is 0 Å². The SMILES string of the molecule is C[C@]12CC[C@@H]3C4=C(C=C[C@H]3[C@@H]1[C@@H]1C[C@@H]1[C@@]21C=CCO1)CC(=O)CC4. The Morgan fingerprint density at radius 3 is 3.04 bits per heavy atom. The molecule has 3 fully saturated rings. The molecule has 0 unspecified atom stereocenters. The Labute approximate surface area is 144 Å². The van der Waals surface area contributed by atoms with Gasteiger partial charge in [-0.1, -0.05) is 36.8 Å². The van der Waals surface area contributed by atoms with Gasteiger partial charge in [0.25, 0.3) is 0 Å². The average Bonchev–Trinajstić information content (AvgIpc) is 3.13. The highest BCUT2D eigenvalue weighted by Gasteiger charge is 2.76. The summed E-state index contributed by atoms with van der Waals surface area (Å²) in [6.07, 6.45) is 16.0. The van der Waals surface area contributed by atoms with Crippen LogP contribution in [-0.4, -0.2) is 18.0 Å². The molecule has 0 saturated heterocycles. The molecule has 2 nitrogen and oxygen atoms in total. The predicted molar refractivity (Wildman–Crippen MR) is 92.3 cm³/mol. The summed E-state index contributed by atoms with van der Waals surface area (Å²) in [5.74, 6) is 4.22. The van der Waals surface area contributed by atoms with Gasteiger partial charge >= 0.3 is 0 Å². The van der Waals surface area contributed by atoms with Crippen molar-refractivity contribution < 1.29 is 9.53 Å². The fraction of sp³-hybridized carbons (Fsp3) is 0.682. The van der Waals surface area contributed by atoms with E-state index in [1.807, 2.05) is 0 Å². The van der Waals surface area contributed by atoms with E-state index in [1.165, 1.54) is 24.8 Å². The monoisotopic (exact) mass is 322 g/mol. The lowest BCUT2D eigenvalue weighted by Crippen LogP contribution is -2.53. The van der Waals surface area contributed by atoms with E-state index in [0.717, 1.165) is 37.2 Å². The first-order valence-corrected chi connectivity index (χ1v) is 9.87. The van der Waals surface area contributed by atoms with Crippen LogP contribution in [0.2, 0.25) is 0 Å². The highest BCUT2D eigenvalue weighted by molar-refractivity contribution is 5.83. The van der Waals surface area contributed by atoms with E-state index in [4.69, 9.17) is 4.74 Å². The topological polar surface area (TPSA) is 26.3 Å². The van der Waals surface area contributed by atoms with Crippen molar-refractivity contribution >= 4 is 5.78 Å². The molecule has 126 valence electrons. The third-order valence-electron chi connectivity index (χ3n) is 8.56. The molecule has 6 rings (SSSR count). The van der Waals surface area contributed by atoms with E-state index < -0.39 is 0 Å². The van der Waals surface area contributed by atoms with Crippen molar-refractivity contribution in [2.24, 2.45) is 35.0 Å². The molecule has 0 bridgehead atoms. The molecular weight excluding hydrogens is 296 g/mol. The molecule has 0 aromatic carbocycles. The van der Waals surface area contributed by atoms with E-state index in [9.17, 15) is 4.79 Å². The summed E-state index contributed by atoms with van der Waals surface area (Å²) in [5, 5.41) is 0. The molecule has 2 heteroatoms. The number of rotatable bonds is 0. The minimum atomic E-state index is 0.0400. The third-order valence-corrected chi connectivity index (χ3v) is 8.56. The zero-order valence-corrected chi connectivity index (χ0v) is 14.5. The predicted octanol–water partition coefficient (Wildman–Crippen LogP) is 4.23. The fourth-order valence-electron chi connectivity index (χ4n) is 7.60. The number of Topliss-reactive ketones (excluding diaryl/α,β-unsaturated/α-hetero) is 1. The number of allylic oxidation sites excluding steroid dienone is 4. The van der Waals surface area contributed by atoms with Crippen molar-refractivity contribution in [2.45, 2.75) is 51.0 Å². The molecule has 5 aliphatic carbocycles. The van der Waals surface area contributed by atoms with Gasteiger partial charge < -0.3 is 4.74 Å². The van der Waals surface area contributed by atoms with Crippen LogP contribution in [0.3, 0.4) is 0 Å². The highest BCUT2D eigenvalue weighted by atomic mass is 16.5. The van der Waals surface area contributed by atoms with Gasteiger partial charge in [0.15, 0.2) is 0 Å². The van der Waals surface area contributed by atoms with Crippen LogP contribution in [0.4, 0.5) is 0 Å². The van der Waals surface area contributed by atoms with Crippen LogP contribution in [0.25, 0.3) is 0 Å². The van der Waals surface area contributed by atoms with E-state index in [2.05, 4.69) is 31.2 Å². The Morgan fingerprint density at radius 2 is 2.21 bits per heavy atom. The van der Waals surface area contributed by atoms with Crippen molar-refractivity contribution in [2.75, 3.05) is 6.61 Å². The Hall–Kier alpha value is -1.15. The molecule has 1 spiro atoms. The second-order valence-corrected chi connectivity index (χ2v) is 9.30. The zero-order valence-electron chi connectivity index (χ0n) is 14.5. The van der Waals surface area contributed by atoms with Gasteiger partial charge in [-0.3, -0.25) is 4.79 Å². The Bertz CT molecular complexity index is 728. The minimum Gasteiger partial charge on any atom is -0.366 e. The number of hydrogen-bond donors (Lipinski definition) is 0. The van der Waals surface area contributed by atoms with E-state index in [-0.39, 0.29) is 5.60 Å². The normalized spacial score (nSPS) is 53.9. The van der Waals surface area contributed by atoms with Crippen LogP contribution in [-0.2, 0) is 9.53 Å². The summed E-state index contributed by atoms with van der Waals surface area (Å²) in [5.41, 5.74) is 3.36. The molecule has 0 aromatic rings. The van der Waals surface area contributed by atoms with Crippen molar-refractivity contribution in [3.8, 4) is 0 Å². The fourth-order valence-corrected chi connectivity index (χ4v) is 7.60. The van der Waals surface area contributed by atoms with Crippen molar-refractivity contribution in [3.63, 3.8) is 0 Å². The van der Waals surface area contributed by atoms with Gasteiger partial charge in [-0.05, 0) is 60.8 Å². The quantitative estimate of drug-likeness (QED) is 0.624. The first kappa shape index (κ1) is 14.1. The number of carbonyl (C=O) groups is 1. The van der Waals surface area contributed by atoms with Crippen LogP contribution in [0.15, 0.2) is 35.5 Å². The van der Waals surface area contributed by atoms with Crippen LogP contribution in [0, 0.1) is 35.0 Å². The summed E-state index contributed by atoms with van der Waals surface area (Å²) in [7, 11) is 0. The highest BCUT2D eigenvalue weighted by Crippen LogP contribution is 2.76. The van der Waals surface area contributed by atoms with Crippen LogP contribution >= 0.6 is 0 Å². The molecule has 0 radical (unpaired) electrons. The van der Waals surface area contributed by atoms with Crippen LogP contribution in [0.1, 0.15) is 45.4 Å². The Kier molecular flexibility index (Phi) is 2.54. The lowest BCUT2D eigenvalue weighted by molar-refractivity contribution is -0.119. The first-order valence-electron chi connectivity index (χ1n) is 9.87. The zero-order chi connectivity index (χ0) is 16.1. The van der Waals surface area contributed by atoms with E-state index in [1.54, 1.807) is 5.57 Å². The van der Waals surface area contributed by atoms with Crippen molar-refractivity contribution in [1.82, 2.24) is 0 Å². The summed E-state index contributed by atoms with van der Waals surface area (Å²) in [6, 6.07) is 0. The van der Waals surface area contributed by atoms with Gasteiger partial charge in [0.05, 0.1) is 12.2 Å². The molecule has 1 aliphatic heterocycles. The average molecular weight is 322 g/mol. The molecule has 1 heterocycles. The second-order valence-electron chi connectivity index (χ2n) is 9.30. The molecule has 3 saturated carbocycles. The largest absolute Gasteiger partial charge is 0.366 e. The summed E-state index contributed by atoms with van der Waals surface area (Å²) < 4.78 is 6.44. The van der Waals surface area contributed by atoms with Gasteiger partial charge in [-0.25, -0.2) is 0 Å². The lowest BCUT2D eigenvalue weighted by Gasteiger charge is -2.54. The van der Waals surface area contributed by atoms with Crippen molar-refractivity contribution in [1.29, 1.82) is 0 Å². The van der Waals surface area contributed by atoms with Gasteiger partial charge in [-0.15, -0.1) is 0 Å². The summed E-state index contributed by atoms with van der Waals surface area (Å²) >= 11 is 0. The Morgan fingerprint density at radius 1 is 1.29 bits per heavy atom. The molecule has 0 amide bonds. The molecule has 0 N–H and O–H groups in total. The summed E-state index contributed by atoms with van der Waals surface area (Å²) in [4.78, 5) is 11.8. The standard InChI is InChI=1S/C22H26O2/c1-21-9-7-16-15-6-4-14(23)11-13(15)3-5-17(16)20(21)18-12-19(18)22(21)8-2-10-24-22/h2-3,5,8,16-20H,4,6-7,9-12H2,1H3/t16-,17-,18-,19+,20-,21+,22+/m1/s1. The number of fused-ring (bicyclic) bond motifs is 8. The smallest absolute Gasteiger partial charge is 0.137 e. The van der Waals surface area contributed by atoms with Crippen molar-refractivity contribution in [3.05, 3.63) is 35.5 Å². The maximum atomic E-state index is 11.8. The first-order chi connectivity index (χ1) is 11.6.